The van der Waals surface area contributed by atoms with Gasteiger partial charge in [0.1, 0.15) is 5.75 Å². The number of nitrogens with zero attached hydrogens (tertiary/aromatic N) is 1. The van der Waals surface area contributed by atoms with Crippen molar-refractivity contribution in [3.8, 4) is 11.5 Å². The van der Waals surface area contributed by atoms with Crippen LogP contribution in [-0.4, -0.2) is 17.9 Å². The van der Waals surface area contributed by atoms with E-state index in [-0.39, 0.29) is 11.8 Å². The van der Waals surface area contributed by atoms with Crippen LogP contribution in [0.2, 0.25) is 0 Å². The minimum Gasteiger partial charge on any atom is -0.870 e. The molecule has 4 heteroatoms. The molecule has 1 aromatic rings. The molecule has 0 unspecified atom stereocenters. The Hall–Kier alpha value is -1.42. The molecule has 18 heavy (non-hydrogen) atoms. The van der Waals surface area contributed by atoms with Crippen molar-refractivity contribution in [2.75, 3.05) is 11.7 Å². The molecule has 1 fully saturated rings. The number of hydrogen-bond donors (Lipinski definition) is 1. The highest BCUT2D eigenvalue weighted by atomic mass is 16.5. The normalized spacial score (nSPS) is 16.6. The number of hydrogen-bond acceptors (Lipinski definition) is 4. The second kappa shape index (κ2) is 5.96. The highest BCUT2D eigenvalue weighted by molar-refractivity contribution is 5.54. The van der Waals surface area contributed by atoms with E-state index in [0.29, 0.717) is 18.0 Å². The number of benzene rings is 1. The molecule has 0 bridgehead atoms. The summed E-state index contributed by atoms with van der Waals surface area (Å²) >= 11 is 0. The summed E-state index contributed by atoms with van der Waals surface area (Å²) in [7, 11) is 0. The molecule has 1 aliphatic carbocycles. The summed E-state index contributed by atoms with van der Waals surface area (Å²) in [6, 6.07) is 4.89. The van der Waals surface area contributed by atoms with Gasteiger partial charge in [-0.25, -0.2) is 0 Å². The van der Waals surface area contributed by atoms with Crippen LogP contribution in [0.15, 0.2) is 18.2 Å². The van der Waals surface area contributed by atoms with Crippen LogP contribution in [0, 0.1) is 0 Å². The van der Waals surface area contributed by atoms with E-state index in [1.807, 2.05) is 6.92 Å². The molecule has 0 spiro atoms. The predicted molar refractivity (Wildman–Crippen MR) is 68.2 cm³/mol. The molecule has 1 N–H and O–H groups in total. The van der Waals surface area contributed by atoms with E-state index >= 15 is 0 Å². The number of anilines is 1. The lowest BCUT2D eigenvalue weighted by Gasteiger charge is -2.31. The maximum Gasteiger partial charge on any atom is 0.113 e. The molecule has 0 amide bonds. The fourth-order valence-electron chi connectivity index (χ4n) is 2.44. The number of ether oxygens (including phenoxy) is 1. The van der Waals surface area contributed by atoms with Gasteiger partial charge in [-0.1, -0.05) is 31.1 Å². The molecule has 1 saturated carbocycles. The number of rotatable bonds is 4. The molecule has 1 aliphatic rings. The lowest BCUT2D eigenvalue weighted by atomic mass is 9.95. The summed E-state index contributed by atoms with van der Waals surface area (Å²) in [4.78, 5) is 0. The van der Waals surface area contributed by atoms with E-state index in [1.54, 1.807) is 12.1 Å². The van der Waals surface area contributed by atoms with Crippen molar-refractivity contribution < 1.29 is 15.1 Å². The van der Waals surface area contributed by atoms with Gasteiger partial charge in [-0.15, -0.1) is 0 Å². The van der Waals surface area contributed by atoms with Gasteiger partial charge in [-0.2, -0.15) is 0 Å². The van der Waals surface area contributed by atoms with Crippen molar-refractivity contribution in [3.63, 3.8) is 0 Å². The zero-order chi connectivity index (χ0) is 13.0. The molecular formula is C14H20NO3-. The first-order chi connectivity index (χ1) is 8.72. The Kier molecular flexibility index (Phi) is 4.31. The fraction of sp³-hybridized carbons (Fsp3) is 0.571. The second-order valence-electron chi connectivity index (χ2n) is 4.70. The molecule has 0 aliphatic heterocycles. The molecule has 2 rings (SSSR count). The third-order valence-corrected chi connectivity index (χ3v) is 3.41. The molecule has 100 valence electrons. The third kappa shape index (κ3) is 2.88. The summed E-state index contributed by atoms with van der Waals surface area (Å²) in [5.41, 5.74) is 0.643. The predicted octanol–water partition coefficient (Wildman–Crippen LogP) is 2.69. The summed E-state index contributed by atoms with van der Waals surface area (Å²) in [6.07, 6.45) is 5.55. The van der Waals surface area contributed by atoms with E-state index in [9.17, 15) is 10.3 Å². The van der Waals surface area contributed by atoms with Crippen molar-refractivity contribution in [1.82, 2.24) is 0 Å². The van der Waals surface area contributed by atoms with Crippen molar-refractivity contribution in [1.29, 1.82) is 0 Å². The monoisotopic (exact) mass is 250 g/mol. The Balaban J connectivity index is 2.13. The van der Waals surface area contributed by atoms with Gasteiger partial charge in [0.25, 0.3) is 0 Å². The van der Waals surface area contributed by atoms with Crippen LogP contribution in [0.4, 0.5) is 5.69 Å². The van der Waals surface area contributed by atoms with E-state index in [0.717, 1.165) is 25.7 Å². The van der Waals surface area contributed by atoms with Crippen LogP contribution in [0.1, 0.15) is 39.0 Å². The van der Waals surface area contributed by atoms with Gasteiger partial charge in [0.05, 0.1) is 18.3 Å². The Labute approximate surface area is 108 Å². The van der Waals surface area contributed by atoms with E-state index in [2.05, 4.69) is 0 Å². The molecule has 0 saturated heterocycles. The molecule has 4 nitrogen and oxygen atoms in total. The molecule has 0 heterocycles. The van der Waals surface area contributed by atoms with Crippen molar-refractivity contribution >= 4 is 5.69 Å². The van der Waals surface area contributed by atoms with Crippen molar-refractivity contribution in [2.24, 2.45) is 0 Å². The summed E-state index contributed by atoms with van der Waals surface area (Å²) in [5.74, 6) is 0.169. The minimum atomic E-state index is -0.141. The smallest absolute Gasteiger partial charge is 0.113 e. The average Bonchev–Trinajstić information content (AvgIpc) is 2.42. The Morgan fingerprint density at radius 1 is 1.33 bits per heavy atom. The Morgan fingerprint density at radius 2 is 2.06 bits per heavy atom. The van der Waals surface area contributed by atoms with Crippen LogP contribution in [-0.2, 0) is 0 Å². The fourth-order valence-corrected chi connectivity index (χ4v) is 2.44. The zero-order valence-electron chi connectivity index (χ0n) is 10.8. The van der Waals surface area contributed by atoms with Gasteiger partial charge in [0.2, 0.25) is 0 Å². The second-order valence-corrected chi connectivity index (χ2v) is 4.70. The highest BCUT2D eigenvalue weighted by Gasteiger charge is 2.20. The van der Waals surface area contributed by atoms with Gasteiger partial charge < -0.3 is 9.84 Å². The van der Waals surface area contributed by atoms with E-state index in [1.165, 1.54) is 17.6 Å². The van der Waals surface area contributed by atoms with Crippen LogP contribution >= 0.6 is 0 Å². The van der Waals surface area contributed by atoms with E-state index in [4.69, 9.17) is 4.74 Å². The summed E-state index contributed by atoms with van der Waals surface area (Å²) < 4.78 is 5.26. The maximum atomic E-state index is 11.5. The Bertz CT molecular complexity index is 389. The first-order valence-electron chi connectivity index (χ1n) is 6.64. The third-order valence-electron chi connectivity index (χ3n) is 3.41. The molecule has 0 atom stereocenters. The molecule has 0 aromatic heterocycles. The first-order valence-corrected chi connectivity index (χ1v) is 6.64. The van der Waals surface area contributed by atoms with Gasteiger partial charge in [0.15, 0.2) is 0 Å². The summed E-state index contributed by atoms with van der Waals surface area (Å²) in [6.45, 7) is 2.29. The van der Waals surface area contributed by atoms with Crippen LogP contribution in [0.25, 0.3) is 0 Å². The SMILES string of the molecule is CCOc1cc(N(O)C2CCCCC2)ccc1[O-]. The van der Waals surface area contributed by atoms with Crippen molar-refractivity contribution in [2.45, 2.75) is 45.1 Å². The quantitative estimate of drug-likeness (QED) is 0.835. The molecular weight excluding hydrogens is 230 g/mol. The van der Waals surface area contributed by atoms with Crippen LogP contribution in [0.3, 0.4) is 0 Å². The van der Waals surface area contributed by atoms with Gasteiger partial charge in [0, 0.05) is 6.07 Å². The van der Waals surface area contributed by atoms with E-state index < -0.39 is 0 Å². The molecule has 1 aromatic carbocycles. The summed E-state index contributed by atoms with van der Waals surface area (Å²) in [5, 5.41) is 23.0. The lowest BCUT2D eigenvalue weighted by Crippen LogP contribution is -2.33. The minimum absolute atomic E-state index is 0.141. The largest absolute Gasteiger partial charge is 0.870 e. The zero-order valence-corrected chi connectivity index (χ0v) is 10.8. The van der Waals surface area contributed by atoms with Crippen LogP contribution < -0.4 is 14.9 Å². The van der Waals surface area contributed by atoms with Crippen LogP contribution in [0.5, 0.6) is 11.5 Å². The first kappa shape index (κ1) is 13.0. The lowest BCUT2D eigenvalue weighted by molar-refractivity contribution is -0.270. The average molecular weight is 250 g/mol. The standard InChI is InChI=1S/C14H21NO3/c1-2-18-14-10-12(8-9-13(14)16)15(17)11-6-4-3-5-7-11/h8-11,16-17H,2-7H2,1H3/p-1. The molecule has 0 radical (unpaired) electrons. The highest BCUT2D eigenvalue weighted by Crippen LogP contribution is 2.31. The maximum absolute atomic E-state index is 11.5. The van der Waals surface area contributed by atoms with Gasteiger partial charge in [-0.05, 0) is 25.8 Å². The van der Waals surface area contributed by atoms with Gasteiger partial charge >= 0.3 is 0 Å². The van der Waals surface area contributed by atoms with Crippen molar-refractivity contribution in [3.05, 3.63) is 18.2 Å². The Morgan fingerprint density at radius 3 is 2.72 bits per heavy atom. The topological polar surface area (TPSA) is 55.8 Å². The number of hydroxylamine groups is 1. The van der Waals surface area contributed by atoms with Gasteiger partial charge in [-0.3, -0.25) is 10.3 Å².